The number of hydrogen-bond acceptors (Lipinski definition) is 4. The molecule has 3 aliphatic rings. The second-order valence-electron chi connectivity index (χ2n) is 18.7. The van der Waals surface area contributed by atoms with Crippen LogP contribution in [0.4, 0.5) is 0 Å². The van der Waals surface area contributed by atoms with Crippen LogP contribution in [0, 0.1) is 11.5 Å². The Morgan fingerprint density at radius 3 is 2.29 bits per heavy atom. The number of pyridine rings is 1. The van der Waals surface area contributed by atoms with E-state index in [2.05, 4.69) is 150 Å². The van der Waals surface area contributed by atoms with E-state index in [-0.39, 0.29) is 39.0 Å². The van der Waals surface area contributed by atoms with Crippen molar-refractivity contribution in [1.82, 2.24) is 19.1 Å². The van der Waals surface area contributed by atoms with E-state index >= 15 is 0 Å². The topological polar surface area (TPSA) is 65.1 Å². The van der Waals surface area contributed by atoms with Gasteiger partial charge < -0.3 is 14.4 Å². The molecule has 0 amide bonds. The van der Waals surface area contributed by atoms with Crippen LogP contribution >= 0.6 is 0 Å². The molecule has 13 rings (SSSR count). The Hall–Kier alpha value is -6.75. The largest absolute Gasteiger partial charge is 0.507 e. The van der Waals surface area contributed by atoms with Crippen LogP contribution in [0.25, 0.3) is 83.4 Å². The minimum absolute atomic E-state index is 0. The predicted octanol–water partition coefficient (Wildman–Crippen LogP) is 14.4. The van der Waals surface area contributed by atoms with Crippen molar-refractivity contribution in [3.63, 3.8) is 0 Å². The predicted molar refractivity (Wildman–Crippen MR) is 257 cm³/mol. The number of rotatable bonds is 6. The van der Waals surface area contributed by atoms with Gasteiger partial charge >= 0.3 is 0 Å². The van der Waals surface area contributed by atoms with Crippen molar-refractivity contribution >= 4 is 32.8 Å². The van der Waals surface area contributed by atoms with Crippen molar-refractivity contribution in [3.8, 4) is 62.1 Å². The molecule has 1 fully saturated rings. The van der Waals surface area contributed by atoms with Crippen LogP contribution in [0.2, 0.25) is 0 Å². The number of hydrogen-bond donors (Lipinski definition) is 1. The Morgan fingerprint density at radius 1 is 0.708 bits per heavy atom. The van der Waals surface area contributed by atoms with Crippen LogP contribution in [0.3, 0.4) is 0 Å². The first-order valence-corrected chi connectivity index (χ1v) is 22.6. The number of ether oxygens (including phenoxy) is 1. The van der Waals surface area contributed by atoms with Gasteiger partial charge in [0.2, 0.25) is 0 Å². The van der Waals surface area contributed by atoms with Crippen LogP contribution in [0.5, 0.6) is 11.5 Å². The second kappa shape index (κ2) is 15.2. The molecule has 0 saturated heterocycles. The molecule has 0 radical (unpaired) electrons. The standard InChI is InChI=1S/C58H45N4O2.Pt/c1-58(2)29-27-35(28-30-58)37-25-26-47(44(32-37)36-14-4-3-5-15-36)61-48-22-13-18-39(54(48)60-56(61)40-16-6-8-23-50(40)63)38-33-45(46-21-10-11-31-59-46)52-42-19-12-20-43-53-41-17-7-9-24-51(41)64-57(53)62(55(42)43)49(52)34-38;/h3-26,31-32,34-35,53,57,63H,27-30H2,1-2H3;/q-1;. The van der Waals surface area contributed by atoms with Gasteiger partial charge in [0, 0.05) is 49.6 Å². The monoisotopic (exact) mass is 1020 g/mol. The fraction of sp³-hybridized carbons (Fsp3) is 0.172. The zero-order valence-electron chi connectivity index (χ0n) is 36.1. The van der Waals surface area contributed by atoms with Crippen molar-refractivity contribution in [3.05, 3.63) is 187 Å². The Kier molecular flexibility index (Phi) is 9.29. The fourth-order valence-corrected chi connectivity index (χ4v) is 11.3. The van der Waals surface area contributed by atoms with Crippen LogP contribution < -0.4 is 4.74 Å². The molecule has 2 atom stereocenters. The normalized spacial score (nSPS) is 17.3. The number of nitrogens with zero attached hydrogens (tertiary/aromatic N) is 4. The van der Waals surface area contributed by atoms with E-state index in [1.807, 2.05) is 36.5 Å². The van der Waals surface area contributed by atoms with Gasteiger partial charge in [-0.05, 0) is 107 Å². The SMILES string of the molecule is CC1(C)CCC(c2ccc(-n3c(-c4ccccc4O)nc4c(-c5[c-]c(-c6ccccn6)c6c7cccc8c7n(c6c5)C5Oc6ccccc6C85)cccc43)c(-c3ccccc3)c2)CC1.[Pt]. The molecule has 5 heterocycles. The molecule has 7 heteroatoms. The zero-order valence-corrected chi connectivity index (χ0v) is 38.4. The fourth-order valence-electron chi connectivity index (χ4n) is 11.3. The van der Waals surface area contributed by atoms with Gasteiger partial charge in [-0.1, -0.05) is 140 Å². The number of aromatic hydroxyl groups is 1. The van der Waals surface area contributed by atoms with Gasteiger partial charge in [-0.3, -0.25) is 9.55 Å². The summed E-state index contributed by atoms with van der Waals surface area (Å²) in [5.41, 5.74) is 15.9. The van der Waals surface area contributed by atoms with Crippen molar-refractivity contribution in [1.29, 1.82) is 0 Å². The maximum Gasteiger partial charge on any atom is 0.186 e. The van der Waals surface area contributed by atoms with Crippen molar-refractivity contribution in [2.24, 2.45) is 5.41 Å². The third-order valence-corrected chi connectivity index (χ3v) is 14.5. The first kappa shape index (κ1) is 39.8. The summed E-state index contributed by atoms with van der Waals surface area (Å²) in [5.74, 6) is 2.40. The van der Waals surface area contributed by atoms with Gasteiger partial charge in [0.1, 0.15) is 17.3 Å². The van der Waals surface area contributed by atoms with Crippen LogP contribution in [-0.4, -0.2) is 24.2 Å². The third kappa shape index (κ3) is 6.17. The summed E-state index contributed by atoms with van der Waals surface area (Å²) < 4.78 is 11.5. The molecule has 2 aliphatic heterocycles. The molecular weight excluding hydrogens is 980 g/mol. The molecule has 1 N–H and O–H groups in total. The van der Waals surface area contributed by atoms with E-state index in [1.165, 1.54) is 53.3 Å². The minimum atomic E-state index is -0.219. The van der Waals surface area contributed by atoms with Crippen LogP contribution in [0.1, 0.15) is 74.3 Å². The molecule has 3 aromatic heterocycles. The smallest absolute Gasteiger partial charge is 0.186 e. The van der Waals surface area contributed by atoms with E-state index in [0.29, 0.717) is 22.7 Å². The number of benzene rings is 7. The third-order valence-electron chi connectivity index (χ3n) is 14.5. The molecule has 7 aromatic carbocycles. The molecule has 2 unspecified atom stereocenters. The Labute approximate surface area is 392 Å². The summed E-state index contributed by atoms with van der Waals surface area (Å²) >= 11 is 0. The van der Waals surface area contributed by atoms with Gasteiger partial charge in [0.25, 0.3) is 0 Å². The molecule has 1 aliphatic carbocycles. The van der Waals surface area contributed by atoms with E-state index in [4.69, 9.17) is 14.7 Å². The molecule has 320 valence electrons. The summed E-state index contributed by atoms with van der Waals surface area (Å²) in [7, 11) is 0. The summed E-state index contributed by atoms with van der Waals surface area (Å²) in [4.78, 5) is 10.5. The molecule has 65 heavy (non-hydrogen) atoms. The van der Waals surface area contributed by atoms with Gasteiger partial charge in [0.05, 0.1) is 28.2 Å². The minimum Gasteiger partial charge on any atom is -0.507 e. The van der Waals surface area contributed by atoms with E-state index in [9.17, 15) is 5.11 Å². The first-order valence-electron chi connectivity index (χ1n) is 22.6. The average molecular weight is 1030 g/mol. The number of para-hydroxylation sites is 4. The molecule has 0 spiro atoms. The summed E-state index contributed by atoms with van der Waals surface area (Å²) in [6.07, 6.45) is 6.45. The number of fused-ring (bicyclic) bond motifs is 9. The van der Waals surface area contributed by atoms with Crippen molar-refractivity contribution in [2.45, 2.75) is 57.6 Å². The average Bonchev–Trinajstić information content (AvgIpc) is 4.09. The van der Waals surface area contributed by atoms with Gasteiger partial charge in [0.15, 0.2) is 6.23 Å². The molecule has 1 saturated carbocycles. The van der Waals surface area contributed by atoms with Crippen molar-refractivity contribution in [2.75, 3.05) is 0 Å². The van der Waals surface area contributed by atoms with Gasteiger partial charge in [-0.2, -0.15) is 0 Å². The second-order valence-corrected chi connectivity index (χ2v) is 18.7. The van der Waals surface area contributed by atoms with Gasteiger partial charge in [-0.15, -0.1) is 17.7 Å². The molecule has 0 bridgehead atoms. The van der Waals surface area contributed by atoms with E-state index < -0.39 is 0 Å². The Morgan fingerprint density at radius 2 is 1.46 bits per heavy atom. The first-order chi connectivity index (χ1) is 31.4. The number of imidazole rings is 1. The summed E-state index contributed by atoms with van der Waals surface area (Å²) in [5, 5.41) is 13.8. The van der Waals surface area contributed by atoms with Gasteiger partial charge in [-0.25, -0.2) is 4.98 Å². The maximum atomic E-state index is 11.6. The van der Waals surface area contributed by atoms with Crippen LogP contribution in [0.15, 0.2) is 164 Å². The van der Waals surface area contributed by atoms with Crippen LogP contribution in [-0.2, 0) is 21.1 Å². The Bertz CT molecular complexity index is 3490. The maximum absolute atomic E-state index is 11.6. The molecule has 6 nitrogen and oxygen atoms in total. The number of phenols is 1. The zero-order chi connectivity index (χ0) is 42.7. The van der Waals surface area contributed by atoms with Crippen molar-refractivity contribution < 1.29 is 30.9 Å². The molecular formula is C58H45N4O2Pt-. The summed E-state index contributed by atoms with van der Waals surface area (Å²) in [6.45, 7) is 4.81. The summed E-state index contributed by atoms with van der Waals surface area (Å²) in [6, 6.07) is 59.2. The number of phenolic OH excluding ortho intramolecular Hbond substituents is 1. The molecule has 10 aromatic rings. The van der Waals surface area contributed by atoms with E-state index in [1.54, 1.807) is 6.07 Å². The van der Waals surface area contributed by atoms with E-state index in [0.717, 1.165) is 66.9 Å². The Balaban J connectivity index is 0.00000444. The number of aromatic nitrogens is 4. The quantitative estimate of drug-likeness (QED) is 0.169.